The molecule has 0 saturated heterocycles. The van der Waals surface area contributed by atoms with Gasteiger partial charge in [-0.05, 0) is 133 Å². The Hall–Kier alpha value is -11.1. The van der Waals surface area contributed by atoms with Crippen LogP contribution in [0.5, 0.6) is 0 Å². The third-order valence-corrected chi connectivity index (χ3v) is 14.9. The van der Waals surface area contributed by atoms with E-state index in [9.17, 15) is 10.5 Å². The Morgan fingerprint density at radius 2 is 0.692 bits per heavy atom. The maximum absolute atomic E-state index is 11.5. The van der Waals surface area contributed by atoms with E-state index in [0.29, 0.717) is 22.5 Å². The molecule has 0 saturated carbocycles. The molecule has 0 aliphatic heterocycles. The molecule has 366 valence electrons. The van der Waals surface area contributed by atoms with E-state index in [1.165, 1.54) is 0 Å². The first kappa shape index (κ1) is 45.5. The van der Waals surface area contributed by atoms with E-state index < -0.39 is 0 Å². The maximum Gasteiger partial charge on any atom is 0.145 e. The van der Waals surface area contributed by atoms with E-state index in [1.54, 1.807) is 0 Å². The van der Waals surface area contributed by atoms with Gasteiger partial charge in [0.1, 0.15) is 34.5 Å². The highest BCUT2D eigenvalue weighted by atomic mass is 16.3. The molecule has 0 spiro atoms. The first-order valence-corrected chi connectivity index (χ1v) is 25.7. The van der Waals surface area contributed by atoms with Gasteiger partial charge in [0.15, 0.2) is 0 Å². The van der Waals surface area contributed by atoms with Crippen LogP contribution in [0.2, 0.25) is 0 Å². The van der Waals surface area contributed by atoms with Crippen molar-refractivity contribution in [1.29, 1.82) is 10.5 Å². The van der Waals surface area contributed by atoms with Gasteiger partial charge in [0.2, 0.25) is 0 Å². The Morgan fingerprint density at radius 1 is 0.333 bits per heavy atom. The second kappa shape index (κ2) is 18.4. The summed E-state index contributed by atoms with van der Waals surface area (Å²) in [6.45, 7) is 6.00. The molecule has 0 aliphatic rings. The van der Waals surface area contributed by atoms with Crippen molar-refractivity contribution in [3.8, 4) is 23.5 Å². The zero-order valence-corrected chi connectivity index (χ0v) is 42.0. The highest BCUT2D eigenvalue weighted by Gasteiger charge is 2.27. The summed E-state index contributed by atoms with van der Waals surface area (Å²) in [5.74, 6) is 0. The summed E-state index contributed by atoms with van der Waals surface area (Å²) in [5, 5.41) is 30.7. The lowest BCUT2D eigenvalue weighted by atomic mass is 10.1. The number of nitrogens with zero attached hydrogens (tertiary/aromatic N) is 6. The second-order valence-electron chi connectivity index (χ2n) is 19.1. The maximum atomic E-state index is 11.5. The van der Waals surface area contributed by atoms with Crippen molar-refractivity contribution < 1.29 is 8.83 Å². The minimum Gasteiger partial charge on any atom is -0.455 e. The van der Waals surface area contributed by atoms with Crippen molar-refractivity contribution in [2.75, 3.05) is 9.80 Å². The van der Waals surface area contributed by atoms with Gasteiger partial charge < -0.3 is 27.8 Å². The monoisotopic (exact) mass is 1000 g/mol. The van der Waals surface area contributed by atoms with E-state index >= 15 is 0 Å². The molecule has 8 nitrogen and oxygen atoms in total. The Balaban J connectivity index is 0.00000273. The van der Waals surface area contributed by atoms with E-state index in [4.69, 9.17) is 8.83 Å². The molecule has 11 aromatic carbocycles. The topological polar surface area (TPSA) is 90.2 Å². The largest absolute Gasteiger partial charge is 0.455 e. The van der Waals surface area contributed by atoms with Gasteiger partial charge in [0.25, 0.3) is 0 Å². The standard InChI is InChI=1S/C68H40N6O2.C2H4/c69-41-43-37-51(73-58-33-29-49(71(45-17-5-1-6-18-45)46-19-7-2-8-20-46)39-56(58)64-60(73)35-31-54-52-25-13-15-27-62(52)75-67(54)64)38-44(42-70)66(43)74-59-34-30-50(72(47-21-9-3-10-22-47)48-23-11-4-12-24-48)40-57(59)65-61(74)36-32-55-53-26-14-16-28-63(53)76-68(55)65;1-2/h1-40H;1-2H2. The number of para-hydroxylation sites is 6. The smallest absolute Gasteiger partial charge is 0.145 e. The van der Waals surface area contributed by atoms with Crippen LogP contribution >= 0.6 is 0 Å². The third kappa shape index (κ3) is 6.99. The Morgan fingerprint density at radius 3 is 1.10 bits per heavy atom. The van der Waals surface area contributed by atoms with Crippen LogP contribution in [0.15, 0.2) is 265 Å². The van der Waals surface area contributed by atoms with Crippen LogP contribution < -0.4 is 9.80 Å². The number of furan rings is 2. The lowest BCUT2D eigenvalue weighted by molar-refractivity contribution is 0.672. The first-order chi connectivity index (χ1) is 38.6. The van der Waals surface area contributed by atoms with Gasteiger partial charge >= 0.3 is 0 Å². The molecular formula is C70H44N6O2. The van der Waals surface area contributed by atoms with Gasteiger partial charge in [-0.3, -0.25) is 0 Å². The number of rotatable bonds is 8. The van der Waals surface area contributed by atoms with Gasteiger partial charge in [-0.1, -0.05) is 109 Å². The zero-order chi connectivity index (χ0) is 52.4. The molecular weight excluding hydrogens is 957 g/mol. The highest BCUT2D eigenvalue weighted by Crippen LogP contribution is 2.47. The molecule has 0 amide bonds. The first-order valence-electron chi connectivity index (χ1n) is 25.7. The van der Waals surface area contributed by atoms with E-state index in [-0.39, 0.29) is 0 Å². The molecule has 0 aliphatic carbocycles. The average molecular weight is 1000 g/mol. The summed E-state index contributed by atoms with van der Waals surface area (Å²) in [6, 6.07) is 88.0. The minimum atomic E-state index is 0.340. The molecule has 0 radical (unpaired) electrons. The van der Waals surface area contributed by atoms with Crippen LogP contribution in [-0.2, 0) is 0 Å². The van der Waals surface area contributed by atoms with Gasteiger partial charge in [0, 0.05) is 72.1 Å². The molecule has 4 aromatic heterocycles. The Kier molecular flexibility index (Phi) is 10.7. The van der Waals surface area contributed by atoms with Crippen LogP contribution in [0.25, 0.3) is 98.9 Å². The number of benzene rings is 11. The average Bonchev–Trinajstić information content (AvgIpc) is 4.44. The van der Waals surface area contributed by atoms with Gasteiger partial charge in [-0.2, -0.15) is 10.5 Å². The van der Waals surface area contributed by atoms with Crippen LogP contribution in [0.3, 0.4) is 0 Å². The van der Waals surface area contributed by atoms with Crippen molar-refractivity contribution in [2.24, 2.45) is 0 Å². The molecule has 78 heavy (non-hydrogen) atoms. The molecule has 4 heterocycles. The number of aromatic nitrogens is 2. The van der Waals surface area contributed by atoms with Crippen molar-refractivity contribution in [2.45, 2.75) is 0 Å². The van der Waals surface area contributed by atoms with E-state index in [2.05, 4.69) is 190 Å². The lowest BCUT2D eigenvalue weighted by Gasteiger charge is -2.25. The summed E-state index contributed by atoms with van der Waals surface area (Å²) >= 11 is 0. The molecule has 0 unspecified atom stereocenters. The van der Waals surface area contributed by atoms with E-state index in [1.807, 2.05) is 97.1 Å². The van der Waals surface area contributed by atoms with Gasteiger partial charge in [-0.15, -0.1) is 13.2 Å². The third-order valence-electron chi connectivity index (χ3n) is 14.9. The van der Waals surface area contributed by atoms with Gasteiger partial charge in [0.05, 0.1) is 49.7 Å². The number of hydrogen-bond donors (Lipinski definition) is 0. The van der Waals surface area contributed by atoms with Crippen molar-refractivity contribution in [3.05, 3.63) is 267 Å². The molecule has 0 fully saturated rings. The predicted molar refractivity (Wildman–Crippen MR) is 320 cm³/mol. The molecule has 15 rings (SSSR count). The van der Waals surface area contributed by atoms with Crippen LogP contribution in [-0.4, -0.2) is 9.13 Å². The predicted octanol–water partition coefficient (Wildman–Crippen LogP) is 19.2. The lowest BCUT2D eigenvalue weighted by Crippen LogP contribution is -2.09. The molecule has 0 atom stereocenters. The SMILES string of the molecule is C=C.N#Cc1cc(-n2c3ccc(N(c4ccccc4)c4ccccc4)cc3c3c4oc5ccccc5c4ccc32)cc(C#N)c1-n1c2ccc(N(c3ccccc3)c3ccccc3)cc2c2c3oc4ccccc4c3ccc21. The number of anilines is 6. The zero-order valence-electron chi connectivity index (χ0n) is 42.0. The quantitative estimate of drug-likeness (QED) is 0.141. The van der Waals surface area contributed by atoms with Crippen molar-refractivity contribution >= 4 is 122 Å². The minimum absolute atomic E-state index is 0.340. The van der Waals surface area contributed by atoms with Crippen molar-refractivity contribution in [3.63, 3.8) is 0 Å². The van der Waals surface area contributed by atoms with Gasteiger partial charge in [-0.25, -0.2) is 0 Å². The van der Waals surface area contributed by atoms with Crippen LogP contribution in [0.4, 0.5) is 34.1 Å². The number of hydrogen-bond acceptors (Lipinski definition) is 6. The molecule has 8 heteroatoms. The summed E-state index contributed by atoms with van der Waals surface area (Å²) in [4.78, 5) is 4.50. The molecule has 0 bridgehead atoms. The Labute approximate surface area is 448 Å². The fraction of sp³-hybridized carbons (Fsp3) is 0. The fourth-order valence-corrected chi connectivity index (χ4v) is 11.7. The summed E-state index contributed by atoms with van der Waals surface area (Å²) in [5.41, 5.74) is 14.3. The molecule has 0 N–H and O–H groups in total. The Bertz CT molecular complexity index is 4810. The normalized spacial score (nSPS) is 11.4. The van der Waals surface area contributed by atoms with Crippen LogP contribution in [0.1, 0.15) is 11.1 Å². The van der Waals surface area contributed by atoms with Crippen LogP contribution in [0, 0.1) is 22.7 Å². The summed E-state index contributed by atoms with van der Waals surface area (Å²) in [6.07, 6.45) is 0. The summed E-state index contributed by atoms with van der Waals surface area (Å²) < 4.78 is 17.9. The number of fused-ring (bicyclic) bond motifs is 14. The second-order valence-corrected chi connectivity index (χ2v) is 19.1. The highest BCUT2D eigenvalue weighted by molar-refractivity contribution is 6.26. The fourth-order valence-electron chi connectivity index (χ4n) is 11.7. The molecule has 15 aromatic rings. The number of nitriles is 2. The van der Waals surface area contributed by atoms with Crippen molar-refractivity contribution in [1.82, 2.24) is 9.13 Å². The van der Waals surface area contributed by atoms with E-state index in [0.717, 1.165) is 122 Å². The summed E-state index contributed by atoms with van der Waals surface area (Å²) in [7, 11) is 0.